The molecule has 1 aliphatic rings. The van der Waals surface area contributed by atoms with Gasteiger partial charge in [0.2, 0.25) is 5.91 Å². The lowest BCUT2D eigenvalue weighted by molar-refractivity contribution is -0.126. The van der Waals surface area contributed by atoms with Crippen LogP contribution in [0.3, 0.4) is 0 Å². The van der Waals surface area contributed by atoms with Gasteiger partial charge in [0.15, 0.2) is 5.78 Å². The largest absolute Gasteiger partial charge is 0.497 e. The molecular formula is C30H42N2O3. The molecular weight excluding hydrogens is 436 g/mol. The molecule has 1 heterocycles. The van der Waals surface area contributed by atoms with Crippen molar-refractivity contribution in [3.8, 4) is 5.75 Å². The summed E-state index contributed by atoms with van der Waals surface area (Å²) in [5, 5.41) is 2.90. The molecule has 0 spiro atoms. The first kappa shape index (κ1) is 26.9. The molecule has 2 unspecified atom stereocenters. The molecule has 1 fully saturated rings. The zero-order chi connectivity index (χ0) is 25.8. The highest BCUT2D eigenvalue weighted by molar-refractivity contribution is 5.90. The number of rotatable bonds is 9. The van der Waals surface area contributed by atoms with Gasteiger partial charge in [0.05, 0.1) is 13.2 Å². The number of hydrogen-bond donors (Lipinski definition) is 1. The number of hydrogen-bond acceptors (Lipinski definition) is 4. The molecule has 1 saturated heterocycles. The first-order chi connectivity index (χ1) is 16.6. The number of amides is 1. The quantitative estimate of drug-likeness (QED) is 0.529. The van der Waals surface area contributed by atoms with E-state index in [4.69, 9.17) is 4.74 Å². The molecule has 5 heteroatoms. The fourth-order valence-corrected chi connectivity index (χ4v) is 5.22. The number of Topliss-reactive ketones (excluding diaryl/α,β-unsaturated/α-hetero) is 1. The number of benzene rings is 2. The van der Waals surface area contributed by atoms with Crippen LogP contribution in [0.15, 0.2) is 48.5 Å². The Balaban J connectivity index is 1.86. The van der Waals surface area contributed by atoms with Gasteiger partial charge < -0.3 is 10.1 Å². The molecule has 1 N–H and O–H groups in total. The third kappa shape index (κ3) is 6.32. The summed E-state index contributed by atoms with van der Waals surface area (Å²) in [6, 6.07) is 16.6. The van der Waals surface area contributed by atoms with Crippen LogP contribution in [-0.2, 0) is 21.4 Å². The summed E-state index contributed by atoms with van der Waals surface area (Å²) in [7, 11) is 3.71. The standard InChI is InChI=1S/C30H42N2O3/c1-8-31-29(34)20(2)19-26-28(33)25(18-11-21-9-16-24(35-7)17-10-21)27(32(26)6)22-12-14-23(15-13-22)30(3,4)5/h9-10,12-17,20,25-27H,8,11,18-19H2,1-7H3,(H,31,34)/t20?,25?,26-,27-/m0/s1. The smallest absolute Gasteiger partial charge is 0.222 e. The number of ketones is 1. The SMILES string of the molecule is CCNC(=O)C(C)C[C@H]1C(=O)C(CCc2ccc(OC)cc2)[C@H](c2ccc(C(C)(C)C)cc2)N1C. The number of likely N-dealkylation sites (tertiary alicyclic amines) is 1. The summed E-state index contributed by atoms with van der Waals surface area (Å²) in [6.45, 7) is 11.1. The molecule has 1 aliphatic heterocycles. The molecule has 2 aromatic carbocycles. The lowest BCUT2D eigenvalue weighted by atomic mass is 9.83. The summed E-state index contributed by atoms with van der Waals surface area (Å²) in [4.78, 5) is 28.4. The maximum absolute atomic E-state index is 13.8. The second-order valence-corrected chi connectivity index (χ2v) is 10.9. The van der Waals surface area contributed by atoms with Gasteiger partial charge >= 0.3 is 0 Å². The Bertz CT molecular complexity index is 992. The molecule has 35 heavy (non-hydrogen) atoms. The molecule has 4 atom stereocenters. The lowest BCUT2D eigenvalue weighted by Crippen LogP contribution is -2.37. The highest BCUT2D eigenvalue weighted by Gasteiger charge is 2.47. The Labute approximate surface area is 211 Å². The summed E-state index contributed by atoms with van der Waals surface area (Å²) in [5.41, 5.74) is 3.72. The number of methoxy groups -OCH3 is 1. The Morgan fingerprint density at radius 2 is 1.71 bits per heavy atom. The third-order valence-electron chi connectivity index (χ3n) is 7.40. The van der Waals surface area contributed by atoms with Crippen molar-refractivity contribution in [3.63, 3.8) is 0 Å². The van der Waals surface area contributed by atoms with Gasteiger partial charge in [0, 0.05) is 24.4 Å². The van der Waals surface area contributed by atoms with E-state index in [0.717, 1.165) is 18.6 Å². The van der Waals surface area contributed by atoms with E-state index in [1.165, 1.54) is 16.7 Å². The van der Waals surface area contributed by atoms with E-state index in [1.807, 2.05) is 33.0 Å². The number of likely N-dealkylation sites (N-methyl/N-ethyl adjacent to an activating group) is 1. The number of aryl methyl sites for hydroxylation is 1. The maximum Gasteiger partial charge on any atom is 0.222 e. The average molecular weight is 479 g/mol. The lowest BCUT2D eigenvalue weighted by Gasteiger charge is -2.28. The van der Waals surface area contributed by atoms with Gasteiger partial charge in [-0.1, -0.05) is 64.1 Å². The first-order valence-electron chi connectivity index (χ1n) is 12.8. The predicted octanol–water partition coefficient (Wildman–Crippen LogP) is 5.33. The van der Waals surface area contributed by atoms with Crippen LogP contribution in [0.1, 0.15) is 70.2 Å². The summed E-state index contributed by atoms with van der Waals surface area (Å²) in [5.74, 6) is 0.773. The van der Waals surface area contributed by atoms with Gasteiger partial charge in [0.25, 0.3) is 0 Å². The molecule has 2 aromatic rings. The van der Waals surface area contributed by atoms with E-state index in [-0.39, 0.29) is 41.0 Å². The van der Waals surface area contributed by atoms with Crippen LogP contribution in [0.2, 0.25) is 0 Å². The molecule has 0 aromatic heterocycles. The van der Waals surface area contributed by atoms with Crippen LogP contribution in [0, 0.1) is 11.8 Å². The molecule has 0 bridgehead atoms. The molecule has 190 valence electrons. The van der Waals surface area contributed by atoms with Crippen LogP contribution in [-0.4, -0.2) is 43.3 Å². The van der Waals surface area contributed by atoms with Crippen LogP contribution in [0.4, 0.5) is 0 Å². The van der Waals surface area contributed by atoms with Crippen molar-refractivity contribution in [1.29, 1.82) is 0 Å². The van der Waals surface area contributed by atoms with Gasteiger partial charge in [0.1, 0.15) is 5.75 Å². The van der Waals surface area contributed by atoms with Crippen molar-refractivity contribution in [2.45, 2.75) is 71.4 Å². The topological polar surface area (TPSA) is 58.6 Å². The van der Waals surface area contributed by atoms with Gasteiger partial charge in [-0.2, -0.15) is 0 Å². The minimum Gasteiger partial charge on any atom is -0.497 e. The fourth-order valence-electron chi connectivity index (χ4n) is 5.22. The Morgan fingerprint density at radius 1 is 1.09 bits per heavy atom. The van der Waals surface area contributed by atoms with E-state index in [2.05, 4.69) is 67.4 Å². The van der Waals surface area contributed by atoms with Crippen molar-refractivity contribution in [2.24, 2.45) is 11.8 Å². The van der Waals surface area contributed by atoms with Gasteiger partial charge in [-0.05, 0) is 67.5 Å². The van der Waals surface area contributed by atoms with Crippen LogP contribution < -0.4 is 10.1 Å². The minimum atomic E-state index is -0.263. The second kappa shape index (κ2) is 11.4. The van der Waals surface area contributed by atoms with Crippen molar-refractivity contribution < 1.29 is 14.3 Å². The Morgan fingerprint density at radius 3 is 2.26 bits per heavy atom. The average Bonchev–Trinajstić information content (AvgIpc) is 3.06. The minimum absolute atomic E-state index is 0.00111. The van der Waals surface area contributed by atoms with E-state index in [0.29, 0.717) is 13.0 Å². The normalized spacial score (nSPS) is 21.7. The van der Waals surface area contributed by atoms with Gasteiger partial charge in [-0.3, -0.25) is 14.5 Å². The van der Waals surface area contributed by atoms with Gasteiger partial charge in [-0.15, -0.1) is 0 Å². The number of carbonyl (C=O) groups excluding carboxylic acids is 2. The highest BCUT2D eigenvalue weighted by atomic mass is 16.5. The molecule has 5 nitrogen and oxygen atoms in total. The van der Waals surface area contributed by atoms with Crippen molar-refractivity contribution in [3.05, 3.63) is 65.2 Å². The first-order valence-corrected chi connectivity index (χ1v) is 12.8. The maximum atomic E-state index is 13.8. The fraction of sp³-hybridized carbons (Fsp3) is 0.533. The number of nitrogens with one attached hydrogen (secondary N) is 1. The molecule has 0 radical (unpaired) electrons. The van der Waals surface area contributed by atoms with Crippen molar-refractivity contribution in [1.82, 2.24) is 10.2 Å². The third-order valence-corrected chi connectivity index (χ3v) is 7.40. The van der Waals surface area contributed by atoms with E-state index in [9.17, 15) is 9.59 Å². The highest BCUT2D eigenvalue weighted by Crippen LogP contribution is 2.42. The summed E-state index contributed by atoms with van der Waals surface area (Å²) < 4.78 is 5.28. The predicted molar refractivity (Wildman–Crippen MR) is 142 cm³/mol. The van der Waals surface area contributed by atoms with E-state index < -0.39 is 0 Å². The van der Waals surface area contributed by atoms with Crippen molar-refractivity contribution in [2.75, 3.05) is 20.7 Å². The molecule has 0 saturated carbocycles. The monoisotopic (exact) mass is 478 g/mol. The zero-order valence-corrected chi connectivity index (χ0v) is 22.4. The second-order valence-electron chi connectivity index (χ2n) is 10.9. The Kier molecular flexibility index (Phi) is 8.76. The van der Waals surface area contributed by atoms with Gasteiger partial charge in [-0.25, -0.2) is 0 Å². The number of ether oxygens (including phenoxy) is 1. The molecule has 1 amide bonds. The van der Waals surface area contributed by atoms with Crippen molar-refractivity contribution >= 4 is 11.7 Å². The summed E-state index contributed by atoms with van der Waals surface area (Å²) in [6.07, 6.45) is 2.13. The van der Waals surface area contributed by atoms with Crippen LogP contribution in [0.25, 0.3) is 0 Å². The number of carbonyl (C=O) groups is 2. The molecule has 3 rings (SSSR count). The zero-order valence-electron chi connectivity index (χ0n) is 22.4. The van der Waals surface area contributed by atoms with Crippen LogP contribution in [0.5, 0.6) is 5.75 Å². The van der Waals surface area contributed by atoms with E-state index >= 15 is 0 Å². The molecule has 0 aliphatic carbocycles. The summed E-state index contributed by atoms with van der Waals surface area (Å²) >= 11 is 0. The van der Waals surface area contributed by atoms with E-state index in [1.54, 1.807) is 7.11 Å². The Hall–Kier alpha value is -2.66. The van der Waals surface area contributed by atoms with Crippen LogP contribution >= 0.6 is 0 Å². The number of nitrogens with zero attached hydrogens (tertiary/aromatic N) is 1.